The average Bonchev–Trinajstić information content (AvgIpc) is 2.39. The normalized spacial score (nSPS) is 15.9. The summed E-state index contributed by atoms with van der Waals surface area (Å²) >= 11 is 3.49. The summed E-state index contributed by atoms with van der Waals surface area (Å²) in [6.07, 6.45) is 1.61. The molecule has 98 valence electrons. The monoisotopic (exact) mass is 310 g/mol. The van der Waals surface area contributed by atoms with Crippen LogP contribution in [0.15, 0.2) is 28.7 Å². The molecule has 1 aliphatic rings. The van der Waals surface area contributed by atoms with Crippen LogP contribution in [0.2, 0.25) is 0 Å². The summed E-state index contributed by atoms with van der Waals surface area (Å²) in [5, 5.41) is 0. The second-order valence-electron chi connectivity index (χ2n) is 4.60. The Bertz CT molecular complexity index is 414. The van der Waals surface area contributed by atoms with Gasteiger partial charge >= 0.3 is 0 Å². The zero-order valence-corrected chi connectivity index (χ0v) is 12.3. The molecule has 1 fully saturated rings. The van der Waals surface area contributed by atoms with Crippen LogP contribution < -0.4 is 4.90 Å². The van der Waals surface area contributed by atoms with E-state index < -0.39 is 0 Å². The Morgan fingerprint density at radius 2 is 2.00 bits per heavy atom. The molecule has 1 saturated heterocycles. The fourth-order valence-electron chi connectivity index (χ4n) is 2.26. The van der Waals surface area contributed by atoms with E-state index in [0.29, 0.717) is 12.3 Å². The maximum atomic E-state index is 11.8. The van der Waals surface area contributed by atoms with Gasteiger partial charge in [-0.05, 0) is 24.6 Å². The lowest BCUT2D eigenvalue weighted by Crippen LogP contribution is -2.48. The first-order chi connectivity index (χ1) is 8.70. The summed E-state index contributed by atoms with van der Waals surface area (Å²) in [5.74, 6) is 0.298. The van der Waals surface area contributed by atoms with Crippen molar-refractivity contribution in [1.29, 1.82) is 0 Å². The van der Waals surface area contributed by atoms with Crippen molar-refractivity contribution < 1.29 is 4.79 Å². The van der Waals surface area contributed by atoms with Gasteiger partial charge in [0.15, 0.2) is 0 Å². The van der Waals surface area contributed by atoms with Crippen LogP contribution in [0, 0.1) is 0 Å². The number of benzene rings is 1. The maximum Gasteiger partial charge on any atom is 0.222 e. The fourth-order valence-corrected chi connectivity index (χ4v) is 2.65. The lowest BCUT2D eigenvalue weighted by Gasteiger charge is -2.36. The van der Waals surface area contributed by atoms with E-state index in [1.807, 2.05) is 17.0 Å². The number of anilines is 1. The number of halogens is 1. The van der Waals surface area contributed by atoms with E-state index in [-0.39, 0.29) is 0 Å². The molecule has 0 aromatic heterocycles. The Morgan fingerprint density at radius 3 is 2.61 bits per heavy atom. The Balaban J connectivity index is 1.92. The Hall–Kier alpha value is -1.03. The van der Waals surface area contributed by atoms with Crippen LogP contribution in [0.5, 0.6) is 0 Å². The van der Waals surface area contributed by atoms with Gasteiger partial charge in [-0.1, -0.05) is 28.9 Å². The Labute approximate surface area is 117 Å². The van der Waals surface area contributed by atoms with Crippen molar-refractivity contribution in [2.24, 2.45) is 0 Å². The molecular weight excluding hydrogens is 292 g/mol. The molecule has 18 heavy (non-hydrogen) atoms. The van der Waals surface area contributed by atoms with Crippen LogP contribution in [0.3, 0.4) is 0 Å². The third-order valence-electron chi connectivity index (χ3n) is 3.27. The summed E-state index contributed by atoms with van der Waals surface area (Å²) < 4.78 is 1.10. The van der Waals surface area contributed by atoms with Gasteiger partial charge in [-0.25, -0.2) is 0 Å². The first-order valence-electron chi connectivity index (χ1n) is 6.49. The smallest absolute Gasteiger partial charge is 0.222 e. The van der Waals surface area contributed by atoms with Gasteiger partial charge in [-0.3, -0.25) is 4.79 Å². The number of rotatable bonds is 3. The molecule has 2 rings (SSSR count). The molecule has 1 aromatic carbocycles. The lowest BCUT2D eigenvalue weighted by atomic mass is 10.2. The molecule has 0 radical (unpaired) electrons. The second-order valence-corrected chi connectivity index (χ2v) is 5.51. The number of hydrogen-bond donors (Lipinski definition) is 0. The zero-order valence-electron chi connectivity index (χ0n) is 10.7. The lowest BCUT2D eigenvalue weighted by molar-refractivity contribution is -0.131. The molecule has 0 atom stereocenters. The first-order valence-corrected chi connectivity index (χ1v) is 7.28. The molecule has 0 N–H and O–H groups in total. The highest BCUT2D eigenvalue weighted by Crippen LogP contribution is 2.21. The highest BCUT2D eigenvalue weighted by molar-refractivity contribution is 9.10. The van der Waals surface area contributed by atoms with Crippen LogP contribution in [-0.4, -0.2) is 37.0 Å². The average molecular weight is 311 g/mol. The van der Waals surface area contributed by atoms with Crippen molar-refractivity contribution in [2.75, 3.05) is 31.1 Å². The molecule has 3 nitrogen and oxygen atoms in total. The largest absolute Gasteiger partial charge is 0.368 e. The second kappa shape index (κ2) is 6.23. The number of hydrogen-bond acceptors (Lipinski definition) is 2. The minimum Gasteiger partial charge on any atom is -0.368 e. The van der Waals surface area contributed by atoms with Gasteiger partial charge in [-0.15, -0.1) is 0 Å². The van der Waals surface area contributed by atoms with E-state index >= 15 is 0 Å². The quantitative estimate of drug-likeness (QED) is 0.857. The molecule has 0 bridgehead atoms. The molecule has 1 aromatic rings. The number of nitrogens with zero attached hydrogens (tertiary/aromatic N) is 2. The predicted molar refractivity (Wildman–Crippen MR) is 77.8 cm³/mol. The van der Waals surface area contributed by atoms with Gasteiger partial charge in [-0.2, -0.15) is 0 Å². The first kappa shape index (κ1) is 13.4. The van der Waals surface area contributed by atoms with E-state index in [1.165, 1.54) is 5.69 Å². The van der Waals surface area contributed by atoms with E-state index in [0.717, 1.165) is 37.1 Å². The van der Waals surface area contributed by atoms with E-state index in [1.54, 1.807) is 0 Å². The van der Waals surface area contributed by atoms with Crippen LogP contribution in [0.25, 0.3) is 0 Å². The Kier molecular flexibility index (Phi) is 4.64. The summed E-state index contributed by atoms with van der Waals surface area (Å²) in [5.41, 5.74) is 1.23. The standard InChI is InChI=1S/C14H19BrN2O/c1-2-4-14(18)17-9-7-16(8-10-17)13-6-3-5-12(15)11-13/h3,5-6,11H,2,4,7-10H2,1H3. The van der Waals surface area contributed by atoms with Gasteiger partial charge in [0.25, 0.3) is 0 Å². The third kappa shape index (κ3) is 3.25. The van der Waals surface area contributed by atoms with Gasteiger partial charge < -0.3 is 9.80 Å². The zero-order chi connectivity index (χ0) is 13.0. The van der Waals surface area contributed by atoms with Gasteiger partial charge in [0.05, 0.1) is 0 Å². The van der Waals surface area contributed by atoms with Crippen molar-refractivity contribution in [3.05, 3.63) is 28.7 Å². The molecule has 1 amide bonds. The van der Waals surface area contributed by atoms with E-state index in [2.05, 4.69) is 39.9 Å². The molecular formula is C14H19BrN2O. The van der Waals surface area contributed by atoms with Crippen LogP contribution in [-0.2, 0) is 4.79 Å². The summed E-state index contributed by atoms with van der Waals surface area (Å²) in [7, 11) is 0. The third-order valence-corrected chi connectivity index (χ3v) is 3.76. The fraction of sp³-hybridized carbons (Fsp3) is 0.500. The Morgan fingerprint density at radius 1 is 1.28 bits per heavy atom. The minimum atomic E-state index is 0.298. The molecule has 0 saturated carbocycles. The SMILES string of the molecule is CCCC(=O)N1CCN(c2cccc(Br)c2)CC1. The van der Waals surface area contributed by atoms with Crippen LogP contribution in [0.1, 0.15) is 19.8 Å². The summed E-state index contributed by atoms with van der Waals surface area (Å²) in [4.78, 5) is 16.1. The van der Waals surface area contributed by atoms with Crippen molar-refractivity contribution in [2.45, 2.75) is 19.8 Å². The van der Waals surface area contributed by atoms with Gasteiger partial charge in [0.1, 0.15) is 0 Å². The number of carbonyl (C=O) groups excluding carboxylic acids is 1. The molecule has 0 aliphatic carbocycles. The highest BCUT2D eigenvalue weighted by Gasteiger charge is 2.20. The van der Waals surface area contributed by atoms with E-state index in [9.17, 15) is 4.79 Å². The summed E-state index contributed by atoms with van der Waals surface area (Å²) in [6.45, 7) is 5.57. The molecule has 1 aliphatic heterocycles. The van der Waals surface area contributed by atoms with Crippen LogP contribution >= 0.6 is 15.9 Å². The van der Waals surface area contributed by atoms with Crippen molar-refractivity contribution in [3.8, 4) is 0 Å². The number of carbonyl (C=O) groups is 1. The van der Waals surface area contributed by atoms with Crippen molar-refractivity contribution >= 4 is 27.5 Å². The van der Waals surface area contributed by atoms with Gasteiger partial charge in [0.2, 0.25) is 5.91 Å². The van der Waals surface area contributed by atoms with Gasteiger partial charge in [0, 0.05) is 42.8 Å². The van der Waals surface area contributed by atoms with E-state index in [4.69, 9.17) is 0 Å². The number of piperazine rings is 1. The molecule has 0 spiro atoms. The predicted octanol–water partition coefficient (Wildman–Crippen LogP) is 2.90. The minimum absolute atomic E-state index is 0.298. The van der Waals surface area contributed by atoms with Crippen molar-refractivity contribution in [1.82, 2.24) is 4.90 Å². The maximum absolute atomic E-state index is 11.8. The topological polar surface area (TPSA) is 23.6 Å². The van der Waals surface area contributed by atoms with Crippen molar-refractivity contribution in [3.63, 3.8) is 0 Å². The number of amides is 1. The highest BCUT2D eigenvalue weighted by atomic mass is 79.9. The molecule has 0 unspecified atom stereocenters. The molecule has 4 heteroatoms. The summed E-state index contributed by atoms with van der Waals surface area (Å²) in [6, 6.07) is 8.33. The van der Waals surface area contributed by atoms with Crippen LogP contribution in [0.4, 0.5) is 5.69 Å². The molecule has 1 heterocycles.